The number of nitrogens with one attached hydrogen (secondary N) is 1. The number of hydrogen-bond donors (Lipinski definition) is 1. The maximum absolute atomic E-state index is 13.1. The lowest BCUT2D eigenvalue weighted by Crippen LogP contribution is -2.12. The number of cyclic esters (lactones) is 1. The Morgan fingerprint density at radius 2 is 2.36 bits per heavy atom. The first-order valence-electron chi connectivity index (χ1n) is 4.07. The minimum atomic E-state index is -0.467. The second-order valence-corrected chi connectivity index (χ2v) is 3.71. The molecule has 1 unspecified atom stereocenters. The fraction of sp³-hybridized carbons (Fsp3) is 0.222. The van der Waals surface area contributed by atoms with Gasteiger partial charge in [-0.2, -0.15) is 0 Å². The van der Waals surface area contributed by atoms with Gasteiger partial charge in [0, 0.05) is 5.56 Å². The Bertz CT molecular complexity index is 383. The summed E-state index contributed by atoms with van der Waals surface area (Å²) >= 11 is 3.12. The molecule has 1 amide bonds. The molecule has 1 fully saturated rings. The summed E-state index contributed by atoms with van der Waals surface area (Å²) in [5.74, 6) is -0.356. The zero-order valence-corrected chi connectivity index (χ0v) is 8.67. The van der Waals surface area contributed by atoms with Crippen molar-refractivity contribution >= 4 is 22.0 Å². The van der Waals surface area contributed by atoms with E-state index in [0.29, 0.717) is 16.6 Å². The number of halogens is 2. The van der Waals surface area contributed by atoms with E-state index < -0.39 is 12.2 Å². The number of rotatable bonds is 1. The molecule has 1 aromatic rings. The molecular weight excluding hydrogens is 253 g/mol. The summed E-state index contributed by atoms with van der Waals surface area (Å²) in [5.41, 5.74) is 0.642. The molecule has 1 saturated heterocycles. The Hall–Kier alpha value is -1.10. The zero-order chi connectivity index (χ0) is 10.1. The van der Waals surface area contributed by atoms with Crippen molar-refractivity contribution in [3.63, 3.8) is 0 Å². The number of ether oxygens (including phenoxy) is 1. The van der Waals surface area contributed by atoms with E-state index in [1.807, 2.05) is 0 Å². The van der Waals surface area contributed by atoms with Crippen molar-refractivity contribution in [1.82, 2.24) is 5.32 Å². The molecule has 1 aromatic carbocycles. The third-order valence-electron chi connectivity index (χ3n) is 2.01. The second kappa shape index (κ2) is 3.57. The molecule has 1 N–H and O–H groups in total. The fourth-order valence-electron chi connectivity index (χ4n) is 1.33. The lowest BCUT2D eigenvalue weighted by atomic mass is 10.1. The van der Waals surface area contributed by atoms with E-state index in [9.17, 15) is 9.18 Å². The molecule has 1 heterocycles. The normalized spacial score (nSPS) is 20.4. The van der Waals surface area contributed by atoms with Gasteiger partial charge in [-0.05, 0) is 22.0 Å². The van der Waals surface area contributed by atoms with Gasteiger partial charge in [-0.25, -0.2) is 9.18 Å². The van der Waals surface area contributed by atoms with Gasteiger partial charge >= 0.3 is 6.09 Å². The minimum absolute atomic E-state index is 0.349. The SMILES string of the molecule is O=C1NCC(c2cccc(F)c2Br)O1. The lowest BCUT2D eigenvalue weighted by Gasteiger charge is -2.10. The molecule has 0 bridgehead atoms. The van der Waals surface area contributed by atoms with Crippen molar-refractivity contribution in [2.24, 2.45) is 0 Å². The summed E-state index contributed by atoms with van der Waals surface area (Å²) in [7, 11) is 0. The molecule has 0 aliphatic carbocycles. The van der Waals surface area contributed by atoms with E-state index in [2.05, 4.69) is 21.2 Å². The predicted octanol–water partition coefficient (Wildman–Crippen LogP) is 2.37. The van der Waals surface area contributed by atoms with Gasteiger partial charge in [-0.1, -0.05) is 12.1 Å². The Balaban J connectivity index is 2.32. The topological polar surface area (TPSA) is 38.3 Å². The van der Waals surface area contributed by atoms with Crippen LogP contribution in [-0.2, 0) is 4.74 Å². The molecule has 1 aliphatic heterocycles. The van der Waals surface area contributed by atoms with Crippen LogP contribution in [-0.4, -0.2) is 12.6 Å². The largest absolute Gasteiger partial charge is 0.439 e. The van der Waals surface area contributed by atoms with Gasteiger partial charge in [0.1, 0.15) is 11.9 Å². The summed E-state index contributed by atoms with van der Waals surface area (Å²) in [6.45, 7) is 0.376. The first kappa shape index (κ1) is 9.45. The van der Waals surface area contributed by atoms with Crippen LogP contribution in [0.15, 0.2) is 22.7 Å². The molecule has 3 nitrogen and oxygen atoms in total. The molecule has 1 atom stereocenters. The monoisotopic (exact) mass is 259 g/mol. The highest BCUT2D eigenvalue weighted by atomic mass is 79.9. The van der Waals surface area contributed by atoms with Gasteiger partial charge < -0.3 is 10.1 Å². The van der Waals surface area contributed by atoms with E-state index in [1.54, 1.807) is 12.1 Å². The van der Waals surface area contributed by atoms with E-state index in [1.165, 1.54) is 6.07 Å². The highest BCUT2D eigenvalue weighted by Gasteiger charge is 2.26. The molecule has 14 heavy (non-hydrogen) atoms. The summed E-state index contributed by atoms with van der Waals surface area (Å²) in [6.07, 6.45) is -0.876. The van der Waals surface area contributed by atoms with Gasteiger partial charge in [0.15, 0.2) is 0 Å². The fourth-order valence-corrected chi connectivity index (χ4v) is 1.85. The van der Waals surface area contributed by atoms with Crippen molar-refractivity contribution in [1.29, 1.82) is 0 Å². The average Bonchev–Trinajstić information content (AvgIpc) is 2.57. The molecule has 5 heteroatoms. The van der Waals surface area contributed by atoms with Crippen molar-refractivity contribution in [2.45, 2.75) is 6.10 Å². The maximum atomic E-state index is 13.1. The van der Waals surface area contributed by atoms with Crippen LogP contribution in [0, 0.1) is 5.82 Å². The summed E-state index contributed by atoms with van der Waals surface area (Å²) in [5, 5.41) is 2.51. The minimum Gasteiger partial charge on any atom is -0.439 e. The number of hydrogen-bond acceptors (Lipinski definition) is 2. The molecule has 0 radical (unpaired) electrons. The second-order valence-electron chi connectivity index (χ2n) is 2.92. The highest BCUT2D eigenvalue weighted by Crippen LogP contribution is 2.29. The molecule has 74 valence electrons. The van der Waals surface area contributed by atoms with Crippen LogP contribution in [0.4, 0.5) is 9.18 Å². The van der Waals surface area contributed by atoms with Crippen LogP contribution in [0.2, 0.25) is 0 Å². The standard InChI is InChI=1S/C9H7BrFNO2/c10-8-5(2-1-3-6(8)11)7-4-12-9(13)14-7/h1-3,7H,4H2,(H,12,13). The van der Waals surface area contributed by atoms with Crippen molar-refractivity contribution in [3.8, 4) is 0 Å². The van der Waals surface area contributed by atoms with Crippen LogP contribution < -0.4 is 5.32 Å². The number of amides is 1. The van der Waals surface area contributed by atoms with Gasteiger partial charge in [0.25, 0.3) is 0 Å². The first-order chi connectivity index (χ1) is 6.68. The van der Waals surface area contributed by atoms with Gasteiger partial charge in [-0.15, -0.1) is 0 Å². The lowest BCUT2D eigenvalue weighted by molar-refractivity contribution is 0.140. The van der Waals surface area contributed by atoms with Crippen molar-refractivity contribution in [3.05, 3.63) is 34.1 Å². The Kier molecular flexibility index (Phi) is 2.41. The quantitative estimate of drug-likeness (QED) is 0.841. The Morgan fingerprint density at radius 3 is 3.00 bits per heavy atom. The van der Waals surface area contributed by atoms with Gasteiger partial charge in [0.2, 0.25) is 0 Å². The van der Waals surface area contributed by atoms with Gasteiger partial charge in [0.05, 0.1) is 11.0 Å². The summed E-state index contributed by atoms with van der Waals surface area (Å²) < 4.78 is 18.4. The smallest absolute Gasteiger partial charge is 0.407 e. The third kappa shape index (κ3) is 1.59. The van der Waals surface area contributed by atoms with E-state index in [4.69, 9.17) is 4.74 Å². The van der Waals surface area contributed by atoms with Crippen LogP contribution in [0.5, 0.6) is 0 Å². The van der Waals surface area contributed by atoms with Gasteiger partial charge in [-0.3, -0.25) is 0 Å². The molecule has 2 rings (SSSR count). The molecule has 0 saturated carbocycles. The Morgan fingerprint density at radius 1 is 1.57 bits per heavy atom. The average molecular weight is 260 g/mol. The molecule has 0 spiro atoms. The van der Waals surface area contributed by atoms with Crippen molar-refractivity contribution < 1.29 is 13.9 Å². The Labute approximate surface area is 88.4 Å². The molecule has 1 aliphatic rings. The number of benzene rings is 1. The first-order valence-corrected chi connectivity index (χ1v) is 4.86. The number of carbonyl (C=O) groups excluding carboxylic acids is 1. The predicted molar refractivity (Wildman–Crippen MR) is 51.3 cm³/mol. The summed E-state index contributed by atoms with van der Waals surface area (Å²) in [6, 6.07) is 4.65. The highest BCUT2D eigenvalue weighted by molar-refractivity contribution is 9.10. The maximum Gasteiger partial charge on any atom is 0.407 e. The zero-order valence-electron chi connectivity index (χ0n) is 7.09. The third-order valence-corrected chi connectivity index (χ3v) is 2.85. The van der Waals surface area contributed by atoms with Crippen LogP contribution in [0.25, 0.3) is 0 Å². The van der Waals surface area contributed by atoms with Crippen LogP contribution in [0.1, 0.15) is 11.7 Å². The van der Waals surface area contributed by atoms with E-state index in [0.717, 1.165) is 0 Å². The molecular formula is C9H7BrFNO2. The van der Waals surface area contributed by atoms with Crippen molar-refractivity contribution in [2.75, 3.05) is 6.54 Å². The number of carbonyl (C=O) groups is 1. The number of alkyl carbamates (subject to hydrolysis) is 1. The van der Waals surface area contributed by atoms with Crippen LogP contribution >= 0.6 is 15.9 Å². The van der Waals surface area contributed by atoms with Crippen LogP contribution in [0.3, 0.4) is 0 Å². The summed E-state index contributed by atoms with van der Waals surface area (Å²) in [4.78, 5) is 10.8. The van der Waals surface area contributed by atoms with E-state index >= 15 is 0 Å². The molecule has 0 aromatic heterocycles. The van der Waals surface area contributed by atoms with E-state index in [-0.39, 0.29) is 5.82 Å².